The molecule has 0 saturated carbocycles. The van der Waals surface area contributed by atoms with Crippen molar-refractivity contribution < 1.29 is 4.39 Å². The van der Waals surface area contributed by atoms with Crippen molar-refractivity contribution in [3.05, 3.63) is 34.6 Å². The highest BCUT2D eigenvalue weighted by Crippen LogP contribution is 2.29. The lowest BCUT2D eigenvalue weighted by molar-refractivity contribution is 0.203. The van der Waals surface area contributed by atoms with E-state index in [4.69, 9.17) is 17.3 Å². The van der Waals surface area contributed by atoms with Crippen LogP contribution >= 0.6 is 11.6 Å². The Morgan fingerprint density at radius 3 is 2.85 bits per heavy atom. The Morgan fingerprint density at radius 1 is 1.40 bits per heavy atom. The molecular weight excluding hydrogens is 275 g/mol. The van der Waals surface area contributed by atoms with Crippen LogP contribution < -0.4 is 5.73 Å². The SMILES string of the molecule is CCC1CCCN(C(CN)c2ccc(Cl)cc2F)CC1. The van der Waals surface area contributed by atoms with Gasteiger partial charge in [0, 0.05) is 23.2 Å². The minimum absolute atomic E-state index is 0.0390. The maximum absolute atomic E-state index is 14.1. The summed E-state index contributed by atoms with van der Waals surface area (Å²) in [6.45, 7) is 4.69. The fourth-order valence-electron chi connectivity index (χ4n) is 3.15. The van der Waals surface area contributed by atoms with Crippen LogP contribution in [0.1, 0.15) is 44.2 Å². The number of nitrogens with zero attached hydrogens (tertiary/aromatic N) is 1. The first kappa shape index (κ1) is 15.7. The van der Waals surface area contributed by atoms with Gasteiger partial charge in [0.2, 0.25) is 0 Å². The van der Waals surface area contributed by atoms with Crippen molar-refractivity contribution in [2.24, 2.45) is 11.7 Å². The number of benzene rings is 1. The Labute approximate surface area is 126 Å². The van der Waals surface area contributed by atoms with Gasteiger partial charge in [-0.05, 0) is 50.4 Å². The smallest absolute Gasteiger partial charge is 0.129 e. The first-order chi connectivity index (χ1) is 9.65. The van der Waals surface area contributed by atoms with Crippen LogP contribution in [-0.4, -0.2) is 24.5 Å². The van der Waals surface area contributed by atoms with Crippen molar-refractivity contribution in [3.8, 4) is 0 Å². The molecule has 1 saturated heterocycles. The summed E-state index contributed by atoms with van der Waals surface area (Å²) >= 11 is 5.83. The Morgan fingerprint density at radius 2 is 2.20 bits per heavy atom. The monoisotopic (exact) mass is 298 g/mol. The van der Waals surface area contributed by atoms with E-state index in [0.29, 0.717) is 17.1 Å². The van der Waals surface area contributed by atoms with Gasteiger partial charge in [-0.15, -0.1) is 0 Å². The van der Waals surface area contributed by atoms with Crippen molar-refractivity contribution in [2.75, 3.05) is 19.6 Å². The van der Waals surface area contributed by atoms with E-state index in [0.717, 1.165) is 19.0 Å². The summed E-state index contributed by atoms with van der Waals surface area (Å²) < 4.78 is 14.1. The number of hydrogen-bond donors (Lipinski definition) is 1. The third kappa shape index (κ3) is 3.72. The van der Waals surface area contributed by atoms with Gasteiger partial charge in [0.05, 0.1) is 0 Å². The fraction of sp³-hybridized carbons (Fsp3) is 0.625. The van der Waals surface area contributed by atoms with Crippen LogP contribution in [0.2, 0.25) is 5.02 Å². The lowest BCUT2D eigenvalue weighted by atomic mass is 9.98. The summed E-state index contributed by atoms with van der Waals surface area (Å²) in [6, 6.07) is 4.86. The van der Waals surface area contributed by atoms with Crippen LogP contribution in [0.5, 0.6) is 0 Å². The molecule has 0 amide bonds. The molecule has 20 heavy (non-hydrogen) atoms. The van der Waals surface area contributed by atoms with Crippen LogP contribution in [0.25, 0.3) is 0 Å². The Kier molecular flexibility index (Phi) is 5.82. The second kappa shape index (κ2) is 7.39. The third-order valence-electron chi connectivity index (χ3n) is 4.45. The standard InChI is InChI=1S/C16H24ClFN2/c1-2-12-4-3-8-20(9-7-12)16(11-19)14-6-5-13(17)10-15(14)18/h5-6,10,12,16H,2-4,7-9,11,19H2,1H3. The third-order valence-corrected chi connectivity index (χ3v) is 4.68. The molecular formula is C16H24ClFN2. The largest absolute Gasteiger partial charge is 0.329 e. The van der Waals surface area contributed by atoms with Gasteiger partial charge in [0.25, 0.3) is 0 Å². The van der Waals surface area contributed by atoms with Crippen LogP contribution in [0.15, 0.2) is 18.2 Å². The molecule has 1 fully saturated rings. The summed E-state index contributed by atoms with van der Waals surface area (Å²) in [6.07, 6.45) is 4.86. The van der Waals surface area contributed by atoms with Gasteiger partial charge in [0.15, 0.2) is 0 Å². The van der Waals surface area contributed by atoms with Crippen molar-refractivity contribution >= 4 is 11.6 Å². The predicted molar refractivity (Wildman–Crippen MR) is 82.4 cm³/mol. The Bertz CT molecular complexity index is 438. The average Bonchev–Trinajstić information content (AvgIpc) is 2.67. The second-order valence-electron chi connectivity index (χ2n) is 5.66. The lowest BCUT2D eigenvalue weighted by Gasteiger charge is -2.30. The molecule has 0 aliphatic carbocycles. The summed E-state index contributed by atoms with van der Waals surface area (Å²) in [5.41, 5.74) is 6.59. The molecule has 112 valence electrons. The quantitative estimate of drug-likeness (QED) is 0.910. The van der Waals surface area contributed by atoms with Crippen molar-refractivity contribution in [2.45, 2.75) is 38.6 Å². The lowest BCUT2D eigenvalue weighted by Crippen LogP contribution is -2.35. The summed E-state index contributed by atoms with van der Waals surface area (Å²) in [7, 11) is 0. The molecule has 0 aromatic heterocycles. The van der Waals surface area contributed by atoms with Gasteiger partial charge < -0.3 is 5.73 Å². The number of halogens is 2. The van der Waals surface area contributed by atoms with Crippen LogP contribution in [0, 0.1) is 11.7 Å². The van der Waals surface area contributed by atoms with E-state index in [1.165, 1.54) is 31.7 Å². The summed E-state index contributed by atoms with van der Waals surface area (Å²) in [5.74, 6) is 0.553. The van der Waals surface area contributed by atoms with Crippen LogP contribution in [0.4, 0.5) is 4.39 Å². The minimum atomic E-state index is -0.246. The molecule has 1 aliphatic heterocycles. The van der Waals surface area contributed by atoms with Crippen LogP contribution in [-0.2, 0) is 0 Å². The highest BCUT2D eigenvalue weighted by molar-refractivity contribution is 6.30. The number of likely N-dealkylation sites (tertiary alicyclic amines) is 1. The molecule has 4 heteroatoms. The molecule has 2 unspecified atom stereocenters. The predicted octanol–water partition coefficient (Wildman–Crippen LogP) is 3.99. The van der Waals surface area contributed by atoms with Gasteiger partial charge >= 0.3 is 0 Å². The average molecular weight is 299 g/mol. The zero-order valence-corrected chi connectivity index (χ0v) is 12.9. The first-order valence-electron chi connectivity index (χ1n) is 7.54. The first-order valence-corrected chi connectivity index (χ1v) is 7.92. The normalized spacial score (nSPS) is 22.5. The Balaban J connectivity index is 2.15. The molecule has 1 aromatic carbocycles. The maximum Gasteiger partial charge on any atom is 0.129 e. The van der Waals surface area contributed by atoms with Crippen LogP contribution in [0.3, 0.4) is 0 Å². The zero-order valence-electron chi connectivity index (χ0n) is 12.1. The van der Waals surface area contributed by atoms with Gasteiger partial charge in [-0.3, -0.25) is 4.90 Å². The molecule has 2 N–H and O–H groups in total. The fourth-order valence-corrected chi connectivity index (χ4v) is 3.31. The molecule has 2 atom stereocenters. The molecule has 0 spiro atoms. The molecule has 1 heterocycles. The van der Waals surface area contributed by atoms with E-state index < -0.39 is 0 Å². The van der Waals surface area contributed by atoms with Crippen molar-refractivity contribution in [1.29, 1.82) is 0 Å². The maximum atomic E-state index is 14.1. The van der Waals surface area contributed by atoms with Gasteiger partial charge in [-0.25, -0.2) is 4.39 Å². The van der Waals surface area contributed by atoms with Gasteiger partial charge in [0.1, 0.15) is 5.82 Å². The van der Waals surface area contributed by atoms with Crippen molar-refractivity contribution in [1.82, 2.24) is 4.90 Å². The summed E-state index contributed by atoms with van der Waals surface area (Å²) in [5, 5.41) is 0.434. The van der Waals surface area contributed by atoms with E-state index in [9.17, 15) is 4.39 Å². The number of nitrogens with two attached hydrogens (primary N) is 1. The second-order valence-corrected chi connectivity index (χ2v) is 6.09. The van der Waals surface area contributed by atoms with Crippen molar-refractivity contribution in [3.63, 3.8) is 0 Å². The van der Waals surface area contributed by atoms with Gasteiger partial charge in [-0.2, -0.15) is 0 Å². The zero-order chi connectivity index (χ0) is 14.5. The van der Waals surface area contributed by atoms with E-state index in [2.05, 4.69) is 11.8 Å². The molecule has 1 aromatic rings. The van der Waals surface area contributed by atoms with E-state index in [-0.39, 0.29) is 11.9 Å². The molecule has 0 radical (unpaired) electrons. The van der Waals surface area contributed by atoms with E-state index in [1.54, 1.807) is 12.1 Å². The highest BCUT2D eigenvalue weighted by atomic mass is 35.5. The van der Waals surface area contributed by atoms with E-state index in [1.807, 2.05) is 0 Å². The van der Waals surface area contributed by atoms with E-state index >= 15 is 0 Å². The molecule has 2 nitrogen and oxygen atoms in total. The molecule has 2 rings (SSSR count). The Hall–Kier alpha value is -0.640. The number of rotatable bonds is 4. The summed E-state index contributed by atoms with van der Waals surface area (Å²) in [4.78, 5) is 2.34. The minimum Gasteiger partial charge on any atom is -0.329 e. The van der Waals surface area contributed by atoms with Gasteiger partial charge in [-0.1, -0.05) is 31.0 Å². The highest BCUT2D eigenvalue weighted by Gasteiger charge is 2.24. The number of hydrogen-bond acceptors (Lipinski definition) is 2. The molecule has 0 bridgehead atoms. The molecule has 1 aliphatic rings. The topological polar surface area (TPSA) is 29.3 Å².